The molecule has 190 valence electrons. The highest BCUT2D eigenvalue weighted by Gasteiger charge is 2.30. The molecule has 0 saturated heterocycles. The average molecular weight is 505 g/mol. The Hall–Kier alpha value is -1.22. The predicted octanol–water partition coefficient (Wildman–Crippen LogP) is 7.38. The number of hydrogen-bond acceptors (Lipinski definition) is 3. The van der Waals surface area contributed by atoms with E-state index in [0.29, 0.717) is 21.2 Å². The molecule has 5 heteroatoms. The van der Waals surface area contributed by atoms with Crippen LogP contribution in [0.5, 0.6) is 0 Å². The van der Waals surface area contributed by atoms with Crippen molar-refractivity contribution in [2.75, 3.05) is 6.16 Å². The molecule has 0 amide bonds. The predicted molar refractivity (Wildman–Crippen MR) is 149 cm³/mol. The summed E-state index contributed by atoms with van der Waals surface area (Å²) in [7, 11) is -3.32. The van der Waals surface area contributed by atoms with Crippen molar-refractivity contribution in [2.24, 2.45) is 0 Å². The Bertz CT molecular complexity index is 1050. The third kappa shape index (κ3) is 7.39. The van der Waals surface area contributed by atoms with Gasteiger partial charge in [0.25, 0.3) is 10.1 Å². The zero-order valence-corrected chi connectivity index (χ0v) is 24.9. The van der Waals surface area contributed by atoms with E-state index in [2.05, 4.69) is 74.4 Å². The average Bonchev–Trinajstić information content (AvgIpc) is 2.68. The lowest BCUT2D eigenvalue weighted by Gasteiger charge is -2.34. The molecule has 0 N–H and O–H groups in total. The van der Waals surface area contributed by atoms with Gasteiger partial charge in [-0.15, -0.1) is 0 Å². The quantitative estimate of drug-likeness (QED) is 0.292. The van der Waals surface area contributed by atoms with Crippen LogP contribution in [0.2, 0.25) is 0 Å². The van der Waals surface area contributed by atoms with Crippen LogP contribution in [0, 0.1) is 6.92 Å². The highest BCUT2D eigenvalue weighted by Crippen LogP contribution is 2.37. The van der Waals surface area contributed by atoms with Crippen LogP contribution in [0.15, 0.2) is 41.3 Å². The molecule has 2 rings (SSSR count). The third-order valence-corrected chi connectivity index (χ3v) is 9.08. The van der Waals surface area contributed by atoms with Crippen molar-refractivity contribution in [3.63, 3.8) is 0 Å². The van der Waals surface area contributed by atoms with E-state index in [1.165, 1.54) is 22.0 Å². The highest BCUT2D eigenvalue weighted by atomic mass is 32.2. The van der Waals surface area contributed by atoms with E-state index < -0.39 is 10.1 Å². The van der Waals surface area contributed by atoms with Gasteiger partial charge in [-0.25, -0.2) is 0 Å². The topological polar surface area (TPSA) is 43.4 Å². The molecule has 0 bridgehead atoms. The number of aryl methyl sites for hydroxylation is 1. The largest absolute Gasteiger partial charge is 0.297 e. The van der Waals surface area contributed by atoms with Crippen molar-refractivity contribution < 1.29 is 12.6 Å². The first kappa shape index (κ1) is 29.0. The lowest BCUT2D eigenvalue weighted by Crippen LogP contribution is -2.31. The summed E-state index contributed by atoms with van der Waals surface area (Å²) in [5, 5.41) is 1.36. The lowest BCUT2D eigenvalue weighted by atomic mass is 9.75. The van der Waals surface area contributed by atoms with Gasteiger partial charge in [0.15, 0.2) is 0 Å². The number of benzene rings is 2. The molecule has 0 heterocycles. The Morgan fingerprint density at radius 3 is 1.68 bits per heavy atom. The Balaban J connectivity index is 2.45. The first-order valence-corrected chi connectivity index (χ1v) is 14.9. The minimum Gasteiger partial charge on any atom is -0.263 e. The standard InChI is InChI=1S/C29H45O3PS/c1-12-22(32-34(30,31)23-15-13-20(2)14-16-23)19-33-26-24(28(6,7)8)17-21(27(3,4)5)18-25(26)29(9,10)11/h13-18,22,33H,12,19H2,1-11H3/t22-/m0/s1. The molecule has 2 aromatic rings. The molecular weight excluding hydrogens is 459 g/mol. The third-order valence-electron chi connectivity index (χ3n) is 6.15. The van der Waals surface area contributed by atoms with Crippen LogP contribution in [-0.2, 0) is 30.5 Å². The molecule has 0 aliphatic heterocycles. The van der Waals surface area contributed by atoms with E-state index in [9.17, 15) is 8.42 Å². The molecule has 0 aliphatic rings. The Kier molecular flexibility index (Phi) is 8.88. The molecule has 3 nitrogen and oxygen atoms in total. The van der Waals surface area contributed by atoms with E-state index in [1.54, 1.807) is 24.3 Å². The van der Waals surface area contributed by atoms with Gasteiger partial charge in [0.05, 0.1) is 11.0 Å². The maximum absolute atomic E-state index is 12.9. The van der Waals surface area contributed by atoms with Gasteiger partial charge in [0, 0.05) is 0 Å². The van der Waals surface area contributed by atoms with E-state index in [0.717, 1.165) is 5.56 Å². The molecule has 0 saturated carbocycles. The lowest BCUT2D eigenvalue weighted by molar-refractivity contribution is 0.228. The fourth-order valence-electron chi connectivity index (χ4n) is 3.85. The second-order valence-corrected chi connectivity index (χ2v) is 15.3. The molecule has 0 aromatic heterocycles. The van der Waals surface area contributed by atoms with Crippen LogP contribution in [0.1, 0.15) is 97.9 Å². The molecule has 1 unspecified atom stereocenters. The second kappa shape index (κ2) is 10.4. The van der Waals surface area contributed by atoms with Gasteiger partial charge in [-0.2, -0.15) is 8.42 Å². The van der Waals surface area contributed by atoms with Gasteiger partial charge in [0.2, 0.25) is 0 Å². The van der Waals surface area contributed by atoms with E-state index >= 15 is 0 Å². The summed E-state index contributed by atoms with van der Waals surface area (Å²) in [4.78, 5) is 0.222. The smallest absolute Gasteiger partial charge is 0.263 e. The van der Waals surface area contributed by atoms with Gasteiger partial charge in [0.1, 0.15) is 0 Å². The van der Waals surface area contributed by atoms with Crippen LogP contribution < -0.4 is 5.30 Å². The summed E-state index contributed by atoms with van der Waals surface area (Å²) in [5.41, 5.74) is 5.12. The minimum atomic E-state index is -3.79. The van der Waals surface area contributed by atoms with Crippen molar-refractivity contribution in [2.45, 2.75) is 110 Å². The van der Waals surface area contributed by atoms with Gasteiger partial charge >= 0.3 is 0 Å². The maximum Gasteiger partial charge on any atom is 0.297 e. The first-order valence-electron chi connectivity index (χ1n) is 12.3. The zero-order valence-electron chi connectivity index (χ0n) is 23.1. The van der Waals surface area contributed by atoms with Gasteiger partial charge < -0.3 is 0 Å². The zero-order chi connectivity index (χ0) is 26.1. The maximum atomic E-state index is 12.9. The van der Waals surface area contributed by atoms with Crippen molar-refractivity contribution in [3.8, 4) is 0 Å². The normalized spacial score (nSPS) is 14.7. The fraction of sp³-hybridized carbons (Fsp3) is 0.586. The molecule has 0 spiro atoms. The van der Waals surface area contributed by atoms with Crippen LogP contribution >= 0.6 is 8.58 Å². The second-order valence-electron chi connectivity index (χ2n) is 12.5. The Morgan fingerprint density at radius 1 is 0.824 bits per heavy atom. The van der Waals surface area contributed by atoms with E-state index in [-0.39, 0.29) is 27.2 Å². The van der Waals surface area contributed by atoms with Crippen LogP contribution in [0.4, 0.5) is 0 Å². The van der Waals surface area contributed by atoms with Crippen molar-refractivity contribution in [3.05, 3.63) is 58.7 Å². The summed E-state index contributed by atoms with van der Waals surface area (Å²) in [6.07, 6.45) is 0.976. The minimum absolute atomic E-state index is 0.0138. The molecule has 0 radical (unpaired) electrons. The Labute approximate surface area is 211 Å². The molecule has 34 heavy (non-hydrogen) atoms. The summed E-state index contributed by atoms with van der Waals surface area (Å²) in [6.45, 7) is 24.3. The molecular formula is C29H45O3PS. The number of rotatable bonds is 7. The monoisotopic (exact) mass is 504 g/mol. The first-order chi connectivity index (χ1) is 15.4. The highest BCUT2D eigenvalue weighted by molar-refractivity contribution is 7.86. The van der Waals surface area contributed by atoms with Crippen molar-refractivity contribution in [1.29, 1.82) is 0 Å². The molecule has 0 aliphatic carbocycles. The SMILES string of the molecule is CC[C@@H](CPc1c(C(C)(C)C)cc(C(C)(C)C)cc1C(C)(C)C)OS(=O)(=O)c1ccc(C)cc1. The molecule has 2 atom stereocenters. The summed E-state index contributed by atoms with van der Waals surface area (Å²) < 4.78 is 31.6. The van der Waals surface area contributed by atoms with Crippen LogP contribution in [0.25, 0.3) is 0 Å². The fourth-order valence-corrected chi connectivity index (χ4v) is 7.19. The van der Waals surface area contributed by atoms with Gasteiger partial charge in [-0.3, -0.25) is 4.18 Å². The van der Waals surface area contributed by atoms with E-state index in [4.69, 9.17) is 4.18 Å². The molecule has 0 fully saturated rings. The van der Waals surface area contributed by atoms with Crippen LogP contribution in [0.3, 0.4) is 0 Å². The van der Waals surface area contributed by atoms with Gasteiger partial charge in [-0.05, 0) is 69.9 Å². The molecule has 2 aromatic carbocycles. The summed E-state index contributed by atoms with van der Waals surface area (Å²) in [6, 6.07) is 11.6. The van der Waals surface area contributed by atoms with E-state index in [1.807, 2.05) is 13.8 Å². The Morgan fingerprint density at radius 2 is 1.29 bits per heavy atom. The van der Waals surface area contributed by atoms with Crippen molar-refractivity contribution in [1.82, 2.24) is 0 Å². The van der Waals surface area contributed by atoms with Crippen molar-refractivity contribution >= 4 is 24.0 Å². The summed E-state index contributed by atoms with van der Waals surface area (Å²) >= 11 is 0. The number of hydrogen-bond donors (Lipinski definition) is 0. The van der Waals surface area contributed by atoms with Crippen LogP contribution in [-0.4, -0.2) is 20.7 Å². The summed E-state index contributed by atoms with van der Waals surface area (Å²) in [5.74, 6) is 0. The van der Waals surface area contributed by atoms with Gasteiger partial charge in [-0.1, -0.05) is 108 Å².